The smallest absolute Gasteiger partial charge is 0.307 e. The van der Waals surface area contributed by atoms with Gasteiger partial charge in [0.05, 0.1) is 31.0 Å². The topological polar surface area (TPSA) is 84.1 Å². The number of hydrogen-bond donors (Lipinski definition) is 0. The summed E-state index contributed by atoms with van der Waals surface area (Å²) in [7, 11) is 0.327. The number of methoxy groups -OCH3 is 1. The van der Waals surface area contributed by atoms with Crippen molar-refractivity contribution in [2.24, 2.45) is 5.92 Å². The molecule has 1 atom stereocenters. The Bertz CT molecular complexity index is 1130. The predicted molar refractivity (Wildman–Crippen MR) is 135 cm³/mol. The maximum absolute atomic E-state index is 12.3. The van der Waals surface area contributed by atoms with Crippen LogP contribution < -0.4 is 0 Å². The molecule has 184 valence electrons. The van der Waals surface area contributed by atoms with Gasteiger partial charge in [0.1, 0.15) is 18.7 Å². The van der Waals surface area contributed by atoms with E-state index in [0.717, 1.165) is 47.8 Å². The van der Waals surface area contributed by atoms with Crippen LogP contribution in [0.5, 0.6) is 0 Å². The summed E-state index contributed by atoms with van der Waals surface area (Å²) in [6.45, 7) is 10.4. The molecule has 3 aromatic rings. The fourth-order valence-electron chi connectivity index (χ4n) is 4.93. The van der Waals surface area contributed by atoms with E-state index < -0.39 is 13.6 Å². The van der Waals surface area contributed by atoms with Crippen LogP contribution in [0.3, 0.4) is 0 Å². The molecule has 34 heavy (non-hydrogen) atoms. The Kier molecular flexibility index (Phi) is 7.23. The molecule has 1 fully saturated rings. The van der Waals surface area contributed by atoms with E-state index in [1.54, 1.807) is 6.33 Å². The lowest BCUT2D eigenvalue weighted by molar-refractivity contribution is -0.143. The highest BCUT2D eigenvalue weighted by molar-refractivity contribution is 6.76. The molecule has 1 saturated carbocycles. The molecule has 0 radical (unpaired) electrons. The van der Waals surface area contributed by atoms with Crippen LogP contribution in [-0.2, 0) is 26.5 Å². The molecule has 0 spiro atoms. The number of ether oxygens (including phenoxy) is 2. The number of aromatic nitrogens is 5. The molecule has 1 unspecified atom stereocenters. The van der Waals surface area contributed by atoms with E-state index in [1.165, 1.54) is 20.0 Å². The number of nitrogens with zero attached hydrogens (tertiary/aromatic N) is 5. The fourth-order valence-corrected chi connectivity index (χ4v) is 5.68. The van der Waals surface area contributed by atoms with Crippen molar-refractivity contribution < 1.29 is 14.3 Å². The minimum Gasteiger partial charge on any atom is -0.469 e. The van der Waals surface area contributed by atoms with E-state index in [2.05, 4.69) is 36.5 Å². The second-order valence-electron chi connectivity index (χ2n) is 10.9. The van der Waals surface area contributed by atoms with Crippen LogP contribution in [0, 0.1) is 5.92 Å². The van der Waals surface area contributed by atoms with Crippen molar-refractivity contribution in [2.45, 2.75) is 77.0 Å². The zero-order valence-corrected chi connectivity index (χ0v) is 22.1. The molecule has 4 rings (SSSR count). The minimum absolute atomic E-state index is 0.206. The Morgan fingerprint density at radius 2 is 2.00 bits per heavy atom. The van der Waals surface area contributed by atoms with Crippen molar-refractivity contribution in [1.29, 1.82) is 0 Å². The SMILES string of the molecule is COC(=O)CC(C)(C1CCCC1)n1cc(-c2ncnc3c2ccn3COCC[Si](C)(C)C)cn1. The van der Waals surface area contributed by atoms with E-state index in [0.29, 0.717) is 19.1 Å². The normalized spacial score (nSPS) is 16.7. The first-order chi connectivity index (χ1) is 16.2. The number of fused-ring (bicyclic) bond motifs is 1. The van der Waals surface area contributed by atoms with Gasteiger partial charge in [0.2, 0.25) is 0 Å². The molecule has 0 aromatic carbocycles. The van der Waals surface area contributed by atoms with Crippen LogP contribution in [0.4, 0.5) is 0 Å². The molecule has 9 heteroatoms. The van der Waals surface area contributed by atoms with Gasteiger partial charge in [-0.05, 0) is 37.8 Å². The van der Waals surface area contributed by atoms with Gasteiger partial charge in [0.15, 0.2) is 0 Å². The van der Waals surface area contributed by atoms with E-state index in [4.69, 9.17) is 14.6 Å². The molecule has 0 saturated heterocycles. The molecule has 0 N–H and O–H groups in total. The summed E-state index contributed by atoms with van der Waals surface area (Å²) in [4.78, 5) is 21.4. The third-order valence-corrected chi connectivity index (χ3v) is 8.83. The Labute approximate surface area is 202 Å². The van der Waals surface area contributed by atoms with Crippen molar-refractivity contribution in [3.8, 4) is 11.3 Å². The predicted octanol–water partition coefficient (Wildman–Crippen LogP) is 5.08. The molecular formula is C25H37N5O3Si. The summed E-state index contributed by atoms with van der Waals surface area (Å²) in [5, 5.41) is 5.68. The summed E-state index contributed by atoms with van der Waals surface area (Å²) in [6.07, 6.45) is 12.3. The third-order valence-electron chi connectivity index (χ3n) is 7.13. The molecule has 3 aromatic heterocycles. The van der Waals surface area contributed by atoms with E-state index >= 15 is 0 Å². The molecule has 0 aliphatic heterocycles. The number of carbonyl (C=O) groups is 1. The molecule has 0 bridgehead atoms. The molecule has 3 heterocycles. The second-order valence-corrected chi connectivity index (χ2v) is 16.5. The lowest BCUT2D eigenvalue weighted by Crippen LogP contribution is -2.40. The van der Waals surface area contributed by atoms with Crippen molar-refractivity contribution >= 4 is 25.1 Å². The Balaban J connectivity index is 1.59. The van der Waals surface area contributed by atoms with Crippen molar-refractivity contribution in [1.82, 2.24) is 24.3 Å². The van der Waals surface area contributed by atoms with Crippen molar-refractivity contribution in [3.05, 3.63) is 31.0 Å². The van der Waals surface area contributed by atoms with E-state index in [-0.39, 0.29) is 5.97 Å². The maximum Gasteiger partial charge on any atom is 0.307 e. The Hall–Kier alpha value is -2.52. The van der Waals surface area contributed by atoms with Gasteiger partial charge in [-0.1, -0.05) is 32.5 Å². The highest BCUT2D eigenvalue weighted by atomic mass is 28.3. The molecule has 1 aliphatic carbocycles. The second kappa shape index (κ2) is 9.99. The molecule has 1 aliphatic rings. The zero-order chi connectivity index (χ0) is 24.3. The summed E-state index contributed by atoms with van der Waals surface area (Å²) >= 11 is 0. The largest absolute Gasteiger partial charge is 0.469 e. The van der Waals surface area contributed by atoms with Crippen molar-refractivity contribution in [3.63, 3.8) is 0 Å². The summed E-state index contributed by atoms with van der Waals surface area (Å²) in [5.41, 5.74) is 2.17. The Morgan fingerprint density at radius 1 is 1.24 bits per heavy atom. The van der Waals surface area contributed by atoms with Gasteiger partial charge < -0.3 is 14.0 Å². The van der Waals surface area contributed by atoms with Crippen LogP contribution in [0.25, 0.3) is 22.3 Å². The van der Waals surface area contributed by atoms with Gasteiger partial charge >= 0.3 is 5.97 Å². The highest BCUT2D eigenvalue weighted by Crippen LogP contribution is 2.41. The van der Waals surface area contributed by atoms with Crippen LogP contribution in [0.1, 0.15) is 39.0 Å². The van der Waals surface area contributed by atoms with Crippen LogP contribution in [0.15, 0.2) is 31.0 Å². The van der Waals surface area contributed by atoms with Crippen LogP contribution in [0.2, 0.25) is 25.7 Å². The standard InChI is InChI=1S/C25H37N5O3Si/c1-25(14-22(31)32-2,20-8-6-7-9-20)30-16-19(15-28-30)23-21-10-11-29(24(21)27-17-26-23)18-33-12-13-34(3,4)5/h10-11,15-17,20H,6-9,12-14,18H2,1-5H3. The van der Waals surface area contributed by atoms with Gasteiger partial charge in [-0.25, -0.2) is 9.97 Å². The average Bonchev–Trinajstić information content (AvgIpc) is 3.57. The highest BCUT2D eigenvalue weighted by Gasteiger charge is 2.40. The van der Waals surface area contributed by atoms with Crippen molar-refractivity contribution in [2.75, 3.05) is 13.7 Å². The summed E-state index contributed by atoms with van der Waals surface area (Å²) < 4.78 is 14.9. The number of carbonyl (C=O) groups excluding carboxylic acids is 1. The minimum atomic E-state index is -1.12. The lowest BCUT2D eigenvalue weighted by atomic mass is 9.81. The summed E-state index contributed by atoms with van der Waals surface area (Å²) in [5.74, 6) is 0.182. The summed E-state index contributed by atoms with van der Waals surface area (Å²) in [6, 6.07) is 3.17. The number of esters is 1. The molecule has 0 amide bonds. The quantitative estimate of drug-likeness (QED) is 0.227. The first-order valence-corrected chi connectivity index (χ1v) is 15.9. The van der Waals surface area contributed by atoms with E-state index in [1.807, 2.05) is 33.9 Å². The Morgan fingerprint density at radius 3 is 2.71 bits per heavy atom. The number of hydrogen-bond acceptors (Lipinski definition) is 6. The molecule has 8 nitrogen and oxygen atoms in total. The monoisotopic (exact) mass is 483 g/mol. The lowest BCUT2D eigenvalue weighted by Gasteiger charge is -2.35. The van der Waals surface area contributed by atoms with E-state index in [9.17, 15) is 4.79 Å². The van der Waals surface area contributed by atoms with Gasteiger partial charge in [-0.2, -0.15) is 5.10 Å². The third kappa shape index (κ3) is 5.25. The van der Waals surface area contributed by atoms with Crippen LogP contribution >= 0.6 is 0 Å². The molecular weight excluding hydrogens is 446 g/mol. The number of rotatable bonds is 10. The maximum atomic E-state index is 12.3. The first kappa shape index (κ1) is 24.6. The van der Waals surface area contributed by atoms with Gasteiger partial charge in [0, 0.05) is 38.0 Å². The average molecular weight is 484 g/mol. The van der Waals surface area contributed by atoms with Gasteiger partial charge in [-0.3, -0.25) is 9.48 Å². The first-order valence-electron chi connectivity index (χ1n) is 12.2. The van der Waals surface area contributed by atoms with Gasteiger partial charge in [0.25, 0.3) is 0 Å². The van der Waals surface area contributed by atoms with Gasteiger partial charge in [-0.15, -0.1) is 0 Å². The fraction of sp³-hybridized carbons (Fsp3) is 0.600. The van der Waals surface area contributed by atoms with Crippen LogP contribution in [-0.4, -0.2) is 52.1 Å². The zero-order valence-electron chi connectivity index (χ0n) is 21.1.